The Labute approximate surface area is 124 Å². The third-order valence-electron chi connectivity index (χ3n) is 2.86. The summed E-state index contributed by atoms with van der Waals surface area (Å²) in [6, 6.07) is 12.7. The van der Waals surface area contributed by atoms with Gasteiger partial charge in [0.25, 0.3) is 5.91 Å². The number of benzene rings is 1. The lowest BCUT2D eigenvalue weighted by atomic mass is 10.2. The smallest absolute Gasteiger partial charge is 0.251 e. The van der Waals surface area contributed by atoms with Gasteiger partial charge in [-0.25, -0.2) is 0 Å². The van der Waals surface area contributed by atoms with Crippen molar-refractivity contribution < 1.29 is 9.53 Å². The molecule has 0 atom stereocenters. The van der Waals surface area contributed by atoms with Gasteiger partial charge in [0.05, 0.1) is 12.2 Å². The monoisotopic (exact) mass is 282 g/mol. The van der Waals surface area contributed by atoms with Crippen molar-refractivity contribution in [2.45, 2.75) is 13.5 Å². The first-order chi connectivity index (χ1) is 10.2. The largest absolute Gasteiger partial charge is 0.490 e. The van der Waals surface area contributed by atoms with Crippen LogP contribution in [0.25, 0.3) is 0 Å². The van der Waals surface area contributed by atoms with E-state index in [4.69, 9.17) is 4.74 Å². The fraction of sp³-hybridized carbons (Fsp3) is 0.176. The molecule has 0 saturated carbocycles. The van der Waals surface area contributed by atoms with E-state index in [-0.39, 0.29) is 5.91 Å². The van der Waals surface area contributed by atoms with Crippen molar-refractivity contribution in [3.63, 3.8) is 0 Å². The highest BCUT2D eigenvalue weighted by Crippen LogP contribution is 2.12. The Morgan fingerprint density at radius 3 is 2.71 bits per heavy atom. The number of hydrogen-bond donors (Lipinski definition) is 1. The lowest BCUT2D eigenvalue weighted by molar-refractivity contribution is 0.0950. The third-order valence-corrected chi connectivity index (χ3v) is 2.86. The molecule has 4 heteroatoms. The van der Waals surface area contributed by atoms with Gasteiger partial charge >= 0.3 is 0 Å². The molecular weight excluding hydrogens is 264 g/mol. The van der Waals surface area contributed by atoms with Crippen molar-refractivity contribution in [1.82, 2.24) is 10.3 Å². The molecule has 4 nitrogen and oxygen atoms in total. The molecule has 0 aliphatic carbocycles. The van der Waals surface area contributed by atoms with Gasteiger partial charge in [-0.05, 0) is 43.3 Å². The standard InChI is InChI=1S/C17H18N2O2/c1-3-11-21-16-9-7-14(8-10-16)17(20)18-12-15-6-4-5-13(2)19-15/h3-10H,1,11-12H2,2H3,(H,18,20). The fourth-order valence-electron chi connectivity index (χ4n) is 1.83. The molecule has 0 fully saturated rings. The first kappa shape index (κ1) is 14.8. The molecule has 1 heterocycles. The summed E-state index contributed by atoms with van der Waals surface area (Å²) in [6.45, 7) is 6.37. The highest BCUT2D eigenvalue weighted by atomic mass is 16.5. The minimum Gasteiger partial charge on any atom is -0.490 e. The summed E-state index contributed by atoms with van der Waals surface area (Å²) in [5.41, 5.74) is 2.37. The second kappa shape index (κ2) is 7.24. The van der Waals surface area contributed by atoms with Crippen molar-refractivity contribution in [3.8, 4) is 5.75 Å². The van der Waals surface area contributed by atoms with Gasteiger partial charge in [0.15, 0.2) is 0 Å². The maximum Gasteiger partial charge on any atom is 0.251 e. The molecule has 0 spiro atoms. The van der Waals surface area contributed by atoms with E-state index in [1.54, 1.807) is 30.3 Å². The molecule has 0 bridgehead atoms. The van der Waals surface area contributed by atoms with Crippen molar-refractivity contribution in [2.24, 2.45) is 0 Å². The van der Waals surface area contributed by atoms with Crippen LogP contribution in [0.5, 0.6) is 5.75 Å². The number of rotatable bonds is 6. The molecule has 0 aliphatic heterocycles. The highest BCUT2D eigenvalue weighted by molar-refractivity contribution is 5.94. The van der Waals surface area contributed by atoms with E-state index in [0.717, 1.165) is 11.4 Å². The second-order valence-electron chi connectivity index (χ2n) is 4.58. The molecule has 1 amide bonds. The maximum absolute atomic E-state index is 12.0. The number of nitrogens with zero attached hydrogens (tertiary/aromatic N) is 1. The maximum atomic E-state index is 12.0. The van der Waals surface area contributed by atoms with E-state index in [2.05, 4.69) is 16.9 Å². The molecule has 21 heavy (non-hydrogen) atoms. The minimum atomic E-state index is -0.131. The van der Waals surface area contributed by atoms with Crippen molar-refractivity contribution in [1.29, 1.82) is 0 Å². The Kier molecular flexibility index (Phi) is 5.10. The van der Waals surface area contributed by atoms with E-state index >= 15 is 0 Å². The van der Waals surface area contributed by atoms with Gasteiger partial charge in [0.2, 0.25) is 0 Å². The average Bonchev–Trinajstić information content (AvgIpc) is 2.51. The predicted molar refractivity (Wildman–Crippen MR) is 82.3 cm³/mol. The lowest BCUT2D eigenvalue weighted by Crippen LogP contribution is -2.23. The number of carbonyl (C=O) groups is 1. The number of amides is 1. The number of carbonyl (C=O) groups excluding carboxylic acids is 1. The molecule has 2 aromatic rings. The van der Waals surface area contributed by atoms with E-state index in [9.17, 15) is 4.79 Å². The van der Waals surface area contributed by atoms with Gasteiger partial charge < -0.3 is 10.1 Å². The molecule has 0 unspecified atom stereocenters. The zero-order chi connectivity index (χ0) is 15.1. The van der Waals surface area contributed by atoms with E-state index in [0.29, 0.717) is 24.5 Å². The Bertz CT molecular complexity index is 621. The van der Waals surface area contributed by atoms with Crippen LogP contribution >= 0.6 is 0 Å². The molecule has 0 radical (unpaired) electrons. The van der Waals surface area contributed by atoms with E-state index < -0.39 is 0 Å². The summed E-state index contributed by atoms with van der Waals surface area (Å²) in [6.07, 6.45) is 1.68. The number of hydrogen-bond acceptors (Lipinski definition) is 3. The Hall–Kier alpha value is -2.62. The summed E-state index contributed by atoms with van der Waals surface area (Å²) >= 11 is 0. The highest BCUT2D eigenvalue weighted by Gasteiger charge is 2.06. The van der Waals surface area contributed by atoms with Crippen LogP contribution in [-0.4, -0.2) is 17.5 Å². The molecule has 108 valence electrons. The normalized spacial score (nSPS) is 9.95. The van der Waals surface area contributed by atoms with Crippen LogP contribution in [0.2, 0.25) is 0 Å². The summed E-state index contributed by atoms with van der Waals surface area (Å²) in [5, 5.41) is 2.85. The van der Waals surface area contributed by atoms with Crippen LogP contribution in [0.15, 0.2) is 55.1 Å². The minimum absolute atomic E-state index is 0.131. The third kappa shape index (κ3) is 4.45. The number of nitrogens with one attached hydrogen (secondary N) is 1. The quantitative estimate of drug-likeness (QED) is 0.829. The zero-order valence-electron chi connectivity index (χ0n) is 12.0. The van der Waals surface area contributed by atoms with Gasteiger partial charge in [-0.2, -0.15) is 0 Å². The van der Waals surface area contributed by atoms with Gasteiger partial charge in [0.1, 0.15) is 12.4 Å². The van der Waals surface area contributed by atoms with Crippen molar-refractivity contribution in [3.05, 3.63) is 72.1 Å². The van der Waals surface area contributed by atoms with Gasteiger partial charge in [-0.3, -0.25) is 9.78 Å². The van der Waals surface area contributed by atoms with Crippen molar-refractivity contribution in [2.75, 3.05) is 6.61 Å². The van der Waals surface area contributed by atoms with Crippen LogP contribution < -0.4 is 10.1 Å². The average molecular weight is 282 g/mol. The topological polar surface area (TPSA) is 51.2 Å². The Morgan fingerprint density at radius 1 is 1.29 bits per heavy atom. The van der Waals surface area contributed by atoms with Crippen LogP contribution in [0.3, 0.4) is 0 Å². The Balaban J connectivity index is 1.92. The Morgan fingerprint density at radius 2 is 2.05 bits per heavy atom. The van der Waals surface area contributed by atoms with Crippen LogP contribution in [-0.2, 0) is 6.54 Å². The first-order valence-electron chi connectivity index (χ1n) is 6.73. The molecule has 0 saturated heterocycles. The van der Waals surface area contributed by atoms with Gasteiger partial charge in [-0.1, -0.05) is 18.7 Å². The van der Waals surface area contributed by atoms with Gasteiger partial charge in [0, 0.05) is 11.3 Å². The van der Waals surface area contributed by atoms with E-state index in [1.807, 2.05) is 25.1 Å². The number of ether oxygens (including phenoxy) is 1. The van der Waals surface area contributed by atoms with Crippen LogP contribution in [0, 0.1) is 6.92 Å². The fourth-order valence-corrected chi connectivity index (χ4v) is 1.83. The molecular formula is C17H18N2O2. The molecule has 1 aromatic carbocycles. The molecule has 1 aromatic heterocycles. The lowest BCUT2D eigenvalue weighted by Gasteiger charge is -2.07. The summed E-state index contributed by atoms with van der Waals surface area (Å²) in [4.78, 5) is 16.4. The predicted octanol–water partition coefficient (Wildman–Crippen LogP) is 2.88. The SMILES string of the molecule is C=CCOc1ccc(C(=O)NCc2cccc(C)n2)cc1. The number of aromatic nitrogens is 1. The second-order valence-corrected chi connectivity index (χ2v) is 4.58. The molecule has 2 rings (SSSR count). The summed E-state index contributed by atoms with van der Waals surface area (Å²) in [5.74, 6) is 0.584. The zero-order valence-corrected chi connectivity index (χ0v) is 12.0. The summed E-state index contributed by atoms with van der Waals surface area (Å²) in [7, 11) is 0. The molecule has 0 aliphatic rings. The van der Waals surface area contributed by atoms with Crippen LogP contribution in [0.1, 0.15) is 21.7 Å². The van der Waals surface area contributed by atoms with Crippen LogP contribution in [0.4, 0.5) is 0 Å². The van der Waals surface area contributed by atoms with Crippen molar-refractivity contribution >= 4 is 5.91 Å². The summed E-state index contributed by atoms with van der Waals surface area (Å²) < 4.78 is 5.37. The van der Waals surface area contributed by atoms with E-state index in [1.165, 1.54) is 0 Å². The van der Waals surface area contributed by atoms with Gasteiger partial charge in [-0.15, -0.1) is 0 Å². The molecule has 1 N–H and O–H groups in total. The first-order valence-corrected chi connectivity index (χ1v) is 6.73. The number of pyridine rings is 1. The number of aryl methyl sites for hydroxylation is 1.